The highest BCUT2D eigenvalue weighted by Crippen LogP contribution is 2.25. The lowest BCUT2D eigenvalue weighted by Gasteiger charge is -2.14. The van der Waals surface area contributed by atoms with Crippen molar-refractivity contribution in [1.29, 1.82) is 0 Å². The molecule has 5 heteroatoms. The third-order valence-electron chi connectivity index (χ3n) is 4.45. The van der Waals surface area contributed by atoms with Gasteiger partial charge in [-0.1, -0.05) is 24.3 Å². The lowest BCUT2D eigenvalue weighted by atomic mass is 10.1. The van der Waals surface area contributed by atoms with Crippen LogP contribution in [0.2, 0.25) is 0 Å². The van der Waals surface area contributed by atoms with Gasteiger partial charge in [0.15, 0.2) is 5.82 Å². The minimum absolute atomic E-state index is 0.696. The first-order valence-corrected chi connectivity index (χ1v) is 8.88. The number of rotatable bonds is 5. The molecule has 4 rings (SSSR count). The van der Waals surface area contributed by atoms with E-state index in [2.05, 4.69) is 39.5 Å². The predicted octanol–water partition coefficient (Wildman–Crippen LogP) is 4.37. The molecule has 4 aromatic rings. The van der Waals surface area contributed by atoms with Gasteiger partial charge in [-0.05, 0) is 42.0 Å². The molecule has 5 nitrogen and oxygen atoms in total. The van der Waals surface area contributed by atoms with Crippen LogP contribution in [0.5, 0.6) is 0 Å². The lowest BCUT2D eigenvalue weighted by molar-refractivity contribution is 1.09. The van der Waals surface area contributed by atoms with Gasteiger partial charge in [-0.15, -0.1) is 0 Å². The largest absolute Gasteiger partial charge is 0.378 e. The topological polar surface area (TPSA) is 53.9 Å². The van der Waals surface area contributed by atoms with E-state index in [1.165, 1.54) is 11.3 Å². The number of nitrogens with one attached hydrogen (secondary N) is 1. The highest BCUT2D eigenvalue weighted by atomic mass is 15.1. The Morgan fingerprint density at radius 3 is 2.33 bits per heavy atom. The predicted molar refractivity (Wildman–Crippen MR) is 111 cm³/mol. The van der Waals surface area contributed by atoms with Crippen molar-refractivity contribution in [2.75, 3.05) is 24.3 Å². The molecule has 0 amide bonds. The molecular formula is C22H21N5. The molecule has 0 fully saturated rings. The average molecular weight is 355 g/mol. The SMILES string of the molecule is CN(C)c1ccc(CNc2nc(-c3ccncc3)nc3ccccc23)cc1. The highest BCUT2D eigenvalue weighted by Gasteiger charge is 2.09. The zero-order chi connectivity index (χ0) is 18.6. The Morgan fingerprint density at radius 2 is 1.59 bits per heavy atom. The van der Waals surface area contributed by atoms with Gasteiger partial charge in [0.2, 0.25) is 0 Å². The fourth-order valence-electron chi connectivity index (χ4n) is 2.94. The maximum absolute atomic E-state index is 4.77. The first-order chi connectivity index (χ1) is 13.2. The Labute approximate surface area is 158 Å². The van der Waals surface area contributed by atoms with Gasteiger partial charge < -0.3 is 10.2 Å². The number of pyridine rings is 1. The maximum atomic E-state index is 4.77. The second-order valence-electron chi connectivity index (χ2n) is 6.56. The molecule has 0 bridgehead atoms. The summed E-state index contributed by atoms with van der Waals surface area (Å²) in [6.45, 7) is 0.699. The lowest BCUT2D eigenvalue weighted by Crippen LogP contribution is -2.09. The van der Waals surface area contributed by atoms with Crippen molar-refractivity contribution < 1.29 is 0 Å². The summed E-state index contributed by atoms with van der Waals surface area (Å²) in [4.78, 5) is 15.7. The van der Waals surface area contributed by atoms with Gasteiger partial charge in [-0.2, -0.15) is 0 Å². The monoisotopic (exact) mass is 355 g/mol. The molecular weight excluding hydrogens is 334 g/mol. The third-order valence-corrected chi connectivity index (χ3v) is 4.45. The van der Waals surface area contributed by atoms with Crippen LogP contribution in [-0.2, 0) is 6.54 Å². The van der Waals surface area contributed by atoms with Gasteiger partial charge in [-0.3, -0.25) is 4.98 Å². The van der Waals surface area contributed by atoms with E-state index >= 15 is 0 Å². The summed E-state index contributed by atoms with van der Waals surface area (Å²) in [6, 6.07) is 20.4. The number of para-hydroxylation sites is 1. The van der Waals surface area contributed by atoms with Crippen molar-refractivity contribution in [3.05, 3.63) is 78.6 Å². The van der Waals surface area contributed by atoms with Gasteiger partial charge in [-0.25, -0.2) is 9.97 Å². The molecule has 2 aromatic carbocycles. The van der Waals surface area contributed by atoms with Crippen LogP contribution in [0.15, 0.2) is 73.1 Å². The van der Waals surface area contributed by atoms with Crippen molar-refractivity contribution in [2.45, 2.75) is 6.54 Å². The van der Waals surface area contributed by atoms with Crippen LogP contribution in [0.3, 0.4) is 0 Å². The van der Waals surface area contributed by atoms with E-state index in [0.29, 0.717) is 12.4 Å². The van der Waals surface area contributed by atoms with Crippen LogP contribution < -0.4 is 10.2 Å². The van der Waals surface area contributed by atoms with Gasteiger partial charge >= 0.3 is 0 Å². The van der Waals surface area contributed by atoms with Crippen molar-refractivity contribution in [3.8, 4) is 11.4 Å². The van der Waals surface area contributed by atoms with Crippen LogP contribution >= 0.6 is 0 Å². The molecule has 0 saturated heterocycles. The molecule has 134 valence electrons. The van der Waals surface area contributed by atoms with Crippen LogP contribution in [0.1, 0.15) is 5.56 Å². The third kappa shape index (κ3) is 3.72. The second kappa shape index (κ2) is 7.41. The van der Waals surface area contributed by atoms with E-state index < -0.39 is 0 Å². The Hall–Kier alpha value is -3.47. The van der Waals surface area contributed by atoms with Gasteiger partial charge in [0, 0.05) is 49.7 Å². The summed E-state index contributed by atoms with van der Waals surface area (Å²) in [6.07, 6.45) is 3.51. The molecule has 0 atom stereocenters. The normalized spacial score (nSPS) is 10.7. The summed E-state index contributed by atoms with van der Waals surface area (Å²) in [5.74, 6) is 1.53. The summed E-state index contributed by atoms with van der Waals surface area (Å²) in [5.41, 5.74) is 4.26. The zero-order valence-electron chi connectivity index (χ0n) is 15.4. The quantitative estimate of drug-likeness (QED) is 0.576. The molecule has 0 unspecified atom stereocenters. The summed E-state index contributed by atoms with van der Waals surface area (Å²) >= 11 is 0. The number of fused-ring (bicyclic) bond motifs is 1. The Kier molecular flexibility index (Phi) is 4.66. The molecule has 1 N–H and O–H groups in total. The first kappa shape index (κ1) is 17.0. The van der Waals surface area contributed by atoms with E-state index in [9.17, 15) is 0 Å². The molecule has 0 radical (unpaired) electrons. The number of hydrogen-bond acceptors (Lipinski definition) is 5. The summed E-state index contributed by atoms with van der Waals surface area (Å²) in [5, 5.41) is 4.50. The van der Waals surface area contributed by atoms with Gasteiger partial charge in [0.1, 0.15) is 5.82 Å². The van der Waals surface area contributed by atoms with Crippen molar-refractivity contribution in [2.24, 2.45) is 0 Å². The molecule has 0 aliphatic carbocycles. The van der Waals surface area contributed by atoms with Crippen molar-refractivity contribution in [1.82, 2.24) is 15.0 Å². The van der Waals surface area contributed by atoms with Crippen molar-refractivity contribution >= 4 is 22.4 Å². The summed E-state index contributed by atoms with van der Waals surface area (Å²) in [7, 11) is 4.09. The van der Waals surface area contributed by atoms with E-state index in [4.69, 9.17) is 9.97 Å². The number of anilines is 2. The van der Waals surface area contributed by atoms with E-state index in [-0.39, 0.29) is 0 Å². The fraction of sp³-hybridized carbons (Fsp3) is 0.136. The molecule has 0 saturated carbocycles. The van der Waals surface area contributed by atoms with E-state index in [0.717, 1.165) is 22.3 Å². The first-order valence-electron chi connectivity index (χ1n) is 8.88. The second-order valence-corrected chi connectivity index (χ2v) is 6.56. The van der Waals surface area contributed by atoms with Crippen LogP contribution in [0.4, 0.5) is 11.5 Å². The Bertz CT molecular complexity index is 1040. The molecule has 2 aromatic heterocycles. The molecule has 27 heavy (non-hydrogen) atoms. The number of hydrogen-bond donors (Lipinski definition) is 1. The Balaban J connectivity index is 1.66. The zero-order valence-corrected chi connectivity index (χ0v) is 15.4. The summed E-state index contributed by atoms with van der Waals surface area (Å²) < 4.78 is 0. The number of nitrogens with zero attached hydrogens (tertiary/aromatic N) is 4. The average Bonchev–Trinajstić information content (AvgIpc) is 2.72. The minimum Gasteiger partial charge on any atom is -0.378 e. The maximum Gasteiger partial charge on any atom is 0.162 e. The standard InChI is InChI=1S/C22H21N5/c1-27(2)18-9-7-16(8-10-18)15-24-22-19-5-3-4-6-20(19)25-21(26-22)17-11-13-23-14-12-17/h3-14H,15H2,1-2H3,(H,24,25,26). The molecule has 0 aliphatic rings. The molecule has 0 aliphatic heterocycles. The van der Waals surface area contributed by atoms with Crippen LogP contribution in [-0.4, -0.2) is 29.0 Å². The molecule has 2 heterocycles. The highest BCUT2D eigenvalue weighted by molar-refractivity contribution is 5.90. The van der Waals surface area contributed by atoms with Crippen LogP contribution in [0.25, 0.3) is 22.3 Å². The number of benzene rings is 2. The van der Waals surface area contributed by atoms with Crippen molar-refractivity contribution in [3.63, 3.8) is 0 Å². The van der Waals surface area contributed by atoms with E-state index in [1.54, 1.807) is 12.4 Å². The van der Waals surface area contributed by atoms with Crippen LogP contribution in [0, 0.1) is 0 Å². The Morgan fingerprint density at radius 1 is 0.852 bits per heavy atom. The smallest absolute Gasteiger partial charge is 0.162 e. The van der Waals surface area contributed by atoms with Gasteiger partial charge in [0.25, 0.3) is 0 Å². The minimum atomic E-state index is 0.696. The van der Waals surface area contributed by atoms with Gasteiger partial charge in [0.05, 0.1) is 5.52 Å². The van der Waals surface area contributed by atoms with E-state index in [1.807, 2.05) is 50.5 Å². The fourth-order valence-corrected chi connectivity index (χ4v) is 2.94. The number of aromatic nitrogens is 3. The molecule has 0 spiro atoms.